The summed E-state index contributed by atoms with van der Waals surface area (Å²) in [6, 6.07) is 0. The SMILES string of the molecule is O=CC(C=O)=NO. The van der Waals surface area contributed by atoms with Crippen molar-refractivity contribution in [3.63, 3.8) is 0 Å². The van der Waals surface area contributed by atoms with Crippen molar-refractivity contribution in [2.24, 2.45) is 5.16 Å². The van der Waals surface area contributed by atoms with Crippen molar-refractivity contribution in [3.05, 3.63) is 0 Å². The van der Waals surface area contributed by atoms with E-state index in [9.17, 15) is 9.59 Å². The minimum absolute atomic E-state index is 0.160. The summed E-state index contributed by atoms with van der Waals surface area (Å²) in [6.45, 7) is 0. The van der Waals surface area contributed by atoms with Gasteiger partial charge in [-0.25, -0.2) is 0 Å². The lowest BCUT2D eigenvalue weighted by molar-refractivity contribution is -0.106. The van der Waals surface area contributed by atoms with Gasteiger partial charge in [-0.15, -0.1) is 0 Å². The summed E-state index contributed by atoms with van der Waals surface area (Å²) in [6.07, 6.45) is 0.319. The first-order chi connectivity index (χ1) is 3.35. The normalized spacial score (nSPS) is 6.86. The van der Waals surface area contributed by atoms with Gasteiger partial charge in [0.05, 0.1) is 0 Å². The Morgan fingerprint density at radius 1 is 1.43 bits per heavy atom. The fraction of sp³-hybridized carbons (Fsp3) is 0. The van der Waals surface area contributed by atoms with Crippen LogP contribution in [-0.4, -0.2) is 23.5 Å². The molecule has 0 saturated heterocycles. The maximum absolute atomic E-state index is 9.45. The molecule has 0 amide bonds. The molecule has 0 aliphatic carbocycles. The summed E-state index contributed by atoms with van der Waals surface area (Å²) in [5.41, 5.74) is -0.500. The summed E-state index contributed by atoms with van der Waals surface area (Å²) in [5, 5.41) is 9.96. The zero-order valence-electron chi connectivity index (χ0n) is 3.37. The molecule has 0 aromatic rings. The highest BCUT2D eigenvalue weighted by Crippen LogP contribution is 1.58. The van der Waals surface area contributed by atoms with Gasteiger partial charge in [-0.1, -0.05) is 5.16 Å². The molecule has 0 aromatic heterocycles. The molecular formula is C3H3NO3. The third kappa shape index (κ3) is 1.64. The number of carbonyl (C=O) groups excluding carboxylic acids is 2. The standard InChI is InChI=1S/C3H3NO3/c5-1-3(2-6)4-7/h1-2,7H. The van der Waals surface area contributed by atoms with Crippen molar-refractivity contribution < 1.29 is 14.8 Å². The molecule has 0 rings (SSSR count). The zero-order valence-corrected chi connectivity index (χ0v) is 3.37. The van der Waals surface area contributed by atoms with Gasteiger partial charge in [0.15, 0.2) is 18.3 Å². The molecule has 0 spiro atoms. The van der Waals surface area contributed by atoms with Crippen molar-refractivity contribution in [1.29, 1.82) is 0 Å². The molecule has 38 valence electrons. The topological polar surface area (TPSA) is 66.7 Å². The van der Waals surface area contributed by atoms with Gasteiger partial charge in [0.1, 0.15) is 0 Å². The number of aldehydes is 2. The van der Waals surface area contributed by atoms with Gasteiger partial charge in [0.2, 0.25) is 0 Å². The second-order valence-corrected chi connectivity index (χ2v) is 0.761. The Kier molecular flexibility index (Phi) is 2.50. The fourth-order valence-electron chi connectivity index (χ4n) is 0.0749. The Labute approximate surface area is 39.4 Å². The number of hydrogen-bond acceptors (Lipinski definition) is 4. The molecular weight excluding hydrogens is 98.0 g/mol. The van der Waals surface area contributed by atoms with Crippen LogP contribution in [0.2, 0.25) is 0 Å². The highest BCUT2D eigenvalue weighted by atomic mass is 16.4. The van der Waals surface area contributed by atoms with Crippen LogP contribution in [0.15, 0.2) is 5.16 Å². The molecule has 0 radical (unpaired) electrons. The second-order valence-electron chi connectivity index (χ2n) is 0.761. The highest BCUT2D eigenvalue weighted by molar-refractivity contribution is 6.52. The van der Waals surface area contributed by atoms with Crippen molar-refractivity contribution >= 4 is 18.3 Å². The maximum Gasteiger partial charge on any atom is 0.181 e. The van der Waals surface area contributed by atoms with E-state index >= 15 is 0 Å². The minimum atomic E-state index is -0.500. The first kappa shape index (κ1) is 5.81. The Morgan fingerprint density at radius 2 is 1.86 bits per heavy atom. The van der Waals surface area contributed by atoms with Crippen molar-refractivity contribution in [2.75, 3.05) is 0 Å². The van der Waals surface area contributed by atoms with Crippen LogP contribution >= 0.6 is 0 Å². The molecule has 0 aliphatic heterocycles. The molecule has 0 heterocycles. The number of hydrogen-bond donors (Lipinski definition) is 1. The summed E-state index contributed by atoms with van der Waals surface area (Å²) in [4.78, 5) is 18.9. The zero-order chi connectivity index (χ0) is 5.70. The molecule has 0 bridgehead atoms. The lowest BCUT2D eigenvalue weighted by atomic mass is 10.5. The third-order valence-corrected chi connectivity index (χ3v) is 0.357. The van der Waals surface area contributed by atoms with Gasteiger partial charge < -0.3 is 5.21 Å². The summed E-state index contributed by atoms with van der Waals surface area (Å²) in [7, 11) is 0. The predicted molar refractivity (Wildman–Crippen MR) is 21.3 cm³/mol. The molecule has 0 aromatic carbocycles. The predicted octanol–water partition coefficient (Wildman–Crippen LogP) is -0.786. The van der Waals surface area contributed by atoms with Crippen molar-refractivity contribution in [3.8, 4) is 0 Å². The molecule has 0 fully saturated rings. The van der Waals surface area contributed by atoms with Crippen LogP contribution in [0, 0.1) is 0 Å². The van der Waals surface area contributed by atoms with Crippen LogP contribution < -0.4 is 0 Å². The van der Waals surface area contributed by atoms with Crippen LogP contribution in [-0.2, 0) is 9.59 Å². The van der Waals surface area contributed by atoms with E-state index in [1.807, 2.05) is 0 Å². The largest absolute Gasteiger partial charge is 0.410 e. The average Bonchev–Trinajstić information content (AvgIpc) is 1.72. The van der Waals surface area contributed by atoms with Gasteiger partial charge in [0, 0.05) is 0 Å². The lowest BCUT2D eigenvalue weighted by Crippen LogP contribution is -1.99. The summed E-state index contributed by atoms with van der Waals surface area (Å²) in [5.74, 6) is 0. The van der Waals surface area contributed by atoms with E-state index in [0.29, 0.717) is 0 Å². The Balaban J connectivity index is 3.85. The highest BCUT2D eigenvalue weighted by Gasteiger charge is 1.88. The second kappa shape index (κ2) is 3.02. The van der Waals surface area contributed by atoms with Gasteiger partial charge in [0.25, 0.3) is 0 Å². The van der Waals surface area contributed by atoms with E-state index < -0.39 is 5.71 Å². The Bertz CT molecular complexity index is 96.7. The number of oxime groups is 1. The summed E-state index contributed by atoms with van der Waals surface area (Å²) < 4.78 is 0. The van der Waals surface area contributed by atoms with Gasteiger partial charge in [-0.2, -0.15) is 0 Å². The monoisotopic (exact) mass is 101 g/mol. The number of nitrogens with zero attached hydrogens (tertiary/aromatic N) is 1. The number of carbonyl (C=O) groups is 2. The van der Waals surface area contributed by atoms with E-state index in [1.54, 1.807) is 0 Å². The quantitative estimate of drug-likeness (QED) is 0.163. The van der Waals surface area contributed by atoms with Crippen LogP contribution in [0.4, 0.5) is 0 Å². The summed E-state index contributed by atoms with van der Waals surface area (Å²) >= 11 is 0. The molecule has 0 saturated carbocycles. The van der Waals surface area contributed by atoms with Crippen molar-refractivity contribution in [1.82, 2.24) is 0 Å². The molecule has 1 N–H and O–H groups in total. The third-order valence-electron chi connectivity index (χ3n) is 0.357. The van der Waals surface area contributed by atoms with Crippen LogP contribution in [0.3, 0.4) is 0 Å². The first-order valence-corrected chi connectivity index (χ1v) is 1.47. The van der Waals surface area contributed by atoms with Gasteiger partial charge in [-0.3, -0.25) is 9.59 Å². The van der Waals surface area contributed by atoms with E-state index in [0.717, 1.165) is 0 Å². The molecule has 4 heteroatoms. The van der Waals surface area contributed by atoms with E-state index in [2.05, 4.69) is 5.16 Å². The molecule has 0 unspecified atom stereocenters. The average molecular weight is 101 g/mol. The minimum Gasteiger partial charge on any atom is -0.410 e. The van der Waals surface area contributed by atoms with Crippen LogP contribution in [0.5, 0.6) is 0 Å². The molecule has 0 aliphatic rings. The van der Waals surface area contributed by atoms with Gasteiger partial charge >= 0.3 is 0 Å². The van der Waals surface area contributed by atoms with E-state index in [4.69, 9.17) is 5.21 Å². The maximum atomic E-state index is 9.45. The molecule has 0 atom stereocenters. The van der Waals surface area contributed by atoms with Crippen molar-refractivity contribution in [2.45, 2.75) is 0 Å². The Morgan fingerprint density at radius 3 is 1.86 bits per heavy atom. The van der Waals surface area contributed by atoms with E-state index in [1.165, 1.54) is 0 Å². The van der Waals surface area contributed by atoms with Gasteiger partial charge in [-0.05, 0) is 0 Å². The van der Waals surface area contributed by atoms with Crippen LogP contribution in [0.25, 0.3) is 0 Å². The number of rotatable bonds is 2. The van der Waals surface area contributed by atoms with E-state index in [-0.39, 0.29) is 12.6 Å². The van der Waals surface area contributed by atoms with Crippen LogP contribution in [0.1, 0.15) is 0 Å². The molecule has 4 nitrogen and oxygen atoms in total. The first-order valence-electron chi connectivity index (χ1n) is 1.47. The Hall–Kier alpha value is -1.19. The lowest BCUT2D eigenvalue weighted by Gasteiger charge is -1.71. The smallest absolute Gasteiger partial charge is 0.181 e. The molecule has 7 heavy (non-hydrogen) atoms. The fourth-order valence-corrected chi connectivity index (χ4v) is 0.0749.